The summed E-state index contributed by atoms with van der Waals surface area (Å²) < 4.78 is 1.10. The number of piperidine rings is 1. The molecule has 0 radical (unpaired) electrons. The molecule has 124 valence electrons. The Morgan fingerprint density at radius 3 is 2.82 bits per heavy atom. The zero-order valence-corrected chi connectivity index (χ0v) is 16.0. The maximum absolute atomic E-state index is 11.9. The molecule has 1 aromatic carbocycles. The van der Waals surface area contributed by atoms with E-state index in [1.165, 1.54) is 4.90 Å². The number of carbonyl (C=O) groups excluding carboxylic acids is 1. The summed E-state index contributed by atoms with van der Waals surface area (Å²) in [5.74, 6) is 1.18. The molecule has 2 rings (SSSR count). The van der Waals surface area contributed by atoms with Gasteiger partial charge in [0.15, 0.2) is 0 Å². The summed E-state index contributed by atoms with van der Waals surface area (Å²) in [6.07, 6.45) is 3.64. The minimum absolute atomic E-state index is 0. The Bertz CT molecular complexity index is 458. The Morgan fingerprint density at radius 1 is 1.41 bits per heavy atom. The van der Waals surface area contributed by atoms with Crippen molar-refractivity contribution in [2.45, 2.75) is 49.6 Å². The maximum Gasteiger partial charge on any atom is 0.220 e. The van der Waals surface area contributed by atoms with Gasteiger partial charge in [0.05, 0.1) is 0 Å². The van der Waals surface area contributed by atoms with E-state index in [0.29, 0.717) is 18.5 Å². The lowest BCUT2D eigenvalue weighted by molar-refractivity contribution is -0.122. The standard InChI is InChI=1S/C16H23BrN2OS.ClH/c1-12-11-14(8-9-18-12)19-16(20)3-2-10-21-15-6-4-13(17)5-7-15;/h4-7,12,14,18H,2-3,8-11H2,1H3,(H,19,20);1H. The first-order valence-corrected chi connectivity index (χ1v) is 9.32. The molecule has 0 aliphatic carbocycles. The van der Waals surface area contributed by atoms with Gasteiger partial charge in [-0.15, -0.1) is 24.2 Å². The number of nitrogens with one attached hydrogen (secondary N) is 2. The third-order valence-electron chi connectivity index (χ3n) is 3.62. The van der Waals surface area contributed by atoms with Crippen molar-refractivity contribution in [2.24, 2.45) is 0 Å². The predicted molar refractivity (Wildman–Crippen MR) is 100.0 cm³/mol. The van der Waals surface area contributed by atoms with Crippen LogP contribution in [0.15, 0.2) is 33.6 Å². The van der Waals surface area contributed by atoms with Crippen molar-refractivity contribution in [1.82, 2.24) is 10.6 Å². The molecule has 3 nitrogen and oxygen atoms in total. The maximum atomic E-state index is 11.9. The molecule has 1 aliphatic heterocycles. The molecule has 0 spiro atoms. The van der Waals surface area contributed by atoms with E-state index in [-0.39, 0.29) is 18.3 Å². The quantitative estimate of drug-likeness (QED) is 0.553. The molecule has 0 saturated carbocycles. The first-order valence-electron chi connectivity index (χ1n) is 7.54. The smallest absolute Gasteiger partial charge is 0.220 e. The van der Waals surface area contributed by atoms with E-state index in [1.807, 2.05) is 12.1 Å². The molecule has 2 unspecified atom stereocenters. The van der Waals surface area contributed by atoms with Gasteiger partial charge in [-0.2, -0.15) is 0 Å². The van der Waals surface area contributed by atoms with Crippen LogP contribution in [-0.2, 0) is 4.79 Å². The van der Waals surface area contributed by atoms with E-state index in [1.54, 1.807) is 11.8 Å². The number of halogens is 2. The second-order valence-electron chi connectivity index (χ2n) is 5.55. The van der Waals surface area contributed by atoms with Crippen LogP contribution < -0.4 is 10.6 Å². The van der Waals surface area contributed by atoms with E-state index in [0.717, 1.165) is 36.0 Å². The van der Waals surface area contributed by atoms with Crippen LogP contribution in [0.2, 0.25) is 0 Å². The van der Waals surface area contributed by atoms with Crippen LogP contribution in [0.1, 0.15) is 32.6 Å². The van der Waals surface area contributed by atoms with Crippen LogP contribution >= 0.6 is 40.1 Å². The van der Waals surface area contributed by atoms with Gasteiger partial charge in [-0.05, 0) is 62.7 Å². The van der Waals surface area contributed by atoms with E-state index in [4.69, 9.17) is 0 Å². The van der Waals surface area contributed by atoms with Gasteiger partial charge < -0.3 is 10.6 Å². The van der Waals surface area contributed by atoms with Crippen LogP contribution in [-0.4, -0.2) is 30.3 Å². The SMILES string of the molecule is CC1CC(NC(=O)CCCSc2ccc(Br)cc2)CCN1.Cl. The Balaban J connectivity index is 0.00000242. The Kier molecular flexibility index (Phi) is 9.48. The summed E-state index contributed by atoms with van der Waals surface area (Å²) in [7, 11) is 0. The first kappa shape index (κ1) is 19.8. The largest absolute Gasteiger partial charge is 0.353 e. The molecule has 1 aliphatic rings. The van der Waals surface area contributed by atoms with Crippen LogP contribution in [0.3, 0.4) is 0 Å². The highest BCUT2D eigenvalue weighted by Crippen LogP contribution is 2.21. The Labute approximate surface area is 151 Å². The van der Waals surface area contributed by atoms with Crippen molar-refractivity contribution < 1.29 is 4.79 Å². The fraction of sp³-hybridized carbons (Fsp3) is 0.562. The van der Waals surface area contributed by atoms with Crippen molar-refractivity contribution in [3.63, 3.8) is 0 Å². The molecule has 1 aromatic rings. The van der Waals surface area contributed by atoms with Crippen molar-refractivity contribution >= 4 is 46.0 Å². The number of benzene rings is 1. The molecule has 1 fully saturated rings. The Hall–Kier alpha value is -0.230. The summed E-state index contributed by atoms with van der Waals surface area (Å²) in [5.41, 5.74) is 0. The fourth-order valence-corrected chi connectivity index (χ4v) is 3.63. The lowest BCUT2D eigenvalue weighted by Gasteiger charge is -2.28. The van der Waals surface area contributed by atoms with Crippen LogP contribution in [0.4, 0.5) is 0 Å². The summed E-state index contributed by atoms with van der Waals surface area (Å²) in [6, 6.07) is 9.17. The van der Waals surface area contributed by atoms with E-state index >= 15 is 0 Å². The predicted octanol–water partition coefficient (Wildman–Crippen LogP) is 4.00. The summed E-state index contributed by atoms with van der Waals surface area (Å²) in [6.45, 7) is 3.18. The molecule has 6 heteroatoms. The average molecular weight is 408 g/mol. The molecule has 0 bridgehead atoms. The van der Waals surface area contributed by atoms with Crippen molar-refractivity contribution in [2.75, 3.05) is 12.3 Å². The minimum Gasteiger partial charge on any atom is -0.353 e. The second kappa shape index (κ2) is 10.5. The first-order chi connectivity index (χ1) is 10.1. The molecular weight excluding hydrogens is 384 g/mol. The monoisotopic (exact) mass is 406 g/mol. The second-order valence-corrected chi connectivity index (χ2v) is 7.63. The third-order valence-corrected chi connectivity index (χ3v) is 5.25. The van der Waals surface area contributed by atoms with Gasteiger partial charge in [-0.3, -0.25) is 4.79 Å². The number of rotatable bonds is 6. The number of thioether (sulfide) groups is 1. The Morgan fingerprint density at radius 2 is 2.14 bits per heavy atom. The lowest BCUT2D eigenvalue weighted by atomic mass is 10.0. The highest BCUT2D eigenvalue weighted by molar-refractivity contribution is 9.10. The molecular formula is C16H24BrClN2OS. The van der Waals surface area contributed by atoms with Gasteiger partial charge >= 0.3 is 0 Å². The van der Waals surface area contributed by atoms with Gasteiger partial charge in [0, 0.05) is 27.9 Å². The zero-order valence-electron chi connectivity index (χ0n) is 12.8. The highest BCUT2D eigenvalue weighted by atomic mass is 79.9. The number of hydrogen-bond acceptors (Lipinski definition) is 3. The summed E-state index contributed by atoms with van der Waals surface area (Å²) in [5, 5.41) is 6.56. The van der Waals surface area contributed by atoms with E-state index < -0.39 is 0 Å². The van der Waals surface area contributed by atoms with E-state index in [9.17, 15) is 4.79 Å². The minimum atomic E-state index is 0. The van der Waals surface area contributed by atoms with Crippen molar-refractivity contribution in [1.29, 1.82) is 0 Å². The molecule has 1 heterocycles. The number of carbonyl (C=O) groups is 1. The van der Waals surface area contributed by atoms with Gasteiger partial charge in [-0.1, -0.05) is 15.9 Å². The summed E-state index contributed by atoms with van der Waals surface area (Å²) >= 11 is 5.24. The van der Waals surface area contributed by atoms with Crippen LogP contribution in [0.5, 0.6) is 0 Å². The molecule has 1 saturated heterocycles. The van der Waals surface area contributed by atoms with Gasteiger partial charge in [0.2, 0.25) is 5.91 Å². The van der Waals surface area contributed by atoms with Crippen LogP contribution in [0, 0.1) is 0 Å². The zero-order chi connectivity index (χ0) is 15.1. The summed E-state index contributed by atoms with van der Waals surface area (Å²) in [4.78, 5) is 13.2. The molecule has 0 aromatic heterocycles. The normalized spacial score (nSPS) is 21.0. The third kappa shape index (κ3) is 7.36. The van der Waals surface area contributed by atoms with Gasteiger partial charge in [-0.25, -0.2) is 0 Å². The van der Waals surface area contributed by atoms with Crippen molar-refractivity contribution in [3.05, 3.63) is 28.7 Å². The number of amides is 1. The molecule has 2 atom stereocenters. The average Bonchev–Trinajstić information content (AvgIpc) is 2.45. The fourth-order valence-electron chi connectivity index (χ4n) is 2.52. The van der Waals surface area contributed by atoms with E-state index in [2.05, 4.69) is 45.6 Å². The lowest BCUT2D eigenvalue weighted by Crippen LogP contribution is -2.46. The van der Waals surface area contributed by atoms with Crippen molar-refractivity contribution in [3.8, 4) is 0 Å². The van der Waals surface area contributed by atoms with Gasteiger partial charge in [0.1, 0.15) is 0 Å². The number of hydrogen-bond donors (Lipinski definition) is 2. The molecule has 22 heavy (non-hydrogen) atoms. The van der Waals surface area contributed by atoms with Gasteiger partial charge in [0.25, 0.3) is 0 Å². The molecule has 2 N–H and O–H groups in total. The van der Waals surface area contributed by atoms with Crippen LogP contribution in [0.25, 0.3) is 0 Å². The highest BCUT2D eigenvalue weighted by Gasteiger charge is 2.19. The topological polar surface area (TPSA) is 41.1 Å². The molecule has 1 amide bonds.